The third-order valence-corrected chi connectivity index (χ3v) is 2.72. The number of hydrogen-bond acceptors (Lipinski definition) is 4. The first kappa shape index (κ1) is 12.1. The Morgan fingerprint density at radius 2 is 2.17 bits per heavy atom. The molecule has 0 atom stereocenters. The summed E-state index contributed by atoms with van der Waals surface area (Å²) >= 11 is 0. The highest BCUT2D eigenvalue weighted by atomic mass is 16.6. The lowest BCUT2D eigenvalue weighted by Crippen LogP contribution is -2.09. The molecule has 1 N–H and O–H groups in total. The van der Waals surface area contributed by atoms with E-state index in [0.29, 0.717) is 12.2 Å². The average molecular weight is 246 g/mol. The largest absolute Gasteiger partial charge is 0.379 e. The van der Waals surface area contributed by atoms with Crippen LogP contribution in [-0.2, 0) is 13.5 Å². The van der Waals surface area contributed by atoms with Crippen molar-refractivity contribution in [3.8, 4) is 0 Å². The van der Waals surface area contributed by atoms with E-state index < -0.39 is 0 Å². The normalized spacial score (nSPS) is 10.3. The van der Waals surface area contributed by atoms with E-state index in [1.807, 2.05) is 13.1 Å². The Labute approximate surface area is 104 Å². The molecule has 94 valence electrons. The molecule has 6 heteroatoms. The first-order valence-electron chi connectivity index (χ1n) is 5.62. The van der Waals surface area contributed by atoms with Crippen LogP contribution in [0, 0.1) is 10.1 Å². The number of nitro benzene ring substituents is 1. The van der Waals surface area contributed by atoms with E-state index in [1.165, 1.54) is 6.07 Å². The molecule has 0 radical (unpaired) electrons. The van der Waals surface area contributed by atoms with Crippen molar-refractivity contribution >= 4 is 11.4 Å². The van der Waals surface area contributed by atoms with Gasteiger partial charge in [-0.1, -0.05) is 12.1 Å². The Balaban J connectivity index is 1.99. The monoisotopic (exact) mass is 246 g/mol. The van der Waals surface area contributed by atoms with Gasteiger partial charge in [-0.15, -0.1) is 0 Å². The maximum atomic E-state index is 10.8. The molecule has 1 heterocycles. The zero-order valence-electron chi connectivity index (χ0n) is 10.0. The van der Waals surface area contributed by atoms with Gasteiger partial charge in [0.25, 0.3) is 5.69 Å². The standard InChI is InChI=1S/C12H14N4O2/c1-15-10(7-9-14-15)6-8-13-11-4-2-3-5-12(11)16(17)18/h2-5,7,9,13H,6,8H2,1H3. The highest BCUT2D eigenvalue weighted by Crippen LogP contribution is 2.22. The summed E-state index contributed by atoms with van der Waals surface area (Å²) in [5, 5.41) is 18.0. The molecule has 0 saturated carbocycles. The van der Waals surface area contributed by atoms with Gasteiger partial charge in [-0.3, -0.25) is 14.8 Å². The van der Waals surface area contributed by atoms with Crippen LogP contribution in [-0.4, -0.2) is 21.2 Å². The number of aromatic nitrogens is 2. The fourth-order valence-corrected chi connectivity index (χ4v) is 1.75. The smallest absolute Gasteiger partial charge is 0.292 e. The summed E-state index contributed by atoms with van der Waals surface area (Å²) in [4.78, 5) is 10.4. The van der Waals surface area contributed by atoms with Crippen molar-refractivity contribution in [3.05, 3.63) is 52.3 Å². The van der Waals surface area contributed by atoms with Gasteiger partial charge < -0.3 is 5.32 Å². The van der Waals surface area contributed by atoms with Crippen LogP contribution in [0.1, 0.15) is 5.69 Å². The minimum atomic E-state index is -0.383. The number of nitrogens with zero attached hydrogens (tertiary/aromatic N) is 3. The van der Waals surface area contributed by atoms with Gasteiger partial charge in [0.1, 0.15) is 5.69 Å². The fourth-order valence-electron chi connectivity index (χ4n) is 1.75. The molecule has 0 amide bonds. The van der Waals surface area contributed by atoms with E-state index in [-0.39, 0.29) is 10.6 Å². The van der Waals surface area contributed by atoms with Crippen molar-refractivity contribution < 1.29 is 4.92 Å². The molecular formula is C12H14N4O2. The molecule has 0 aliphatic heterocycles. The fraction of sp³-hybridized carbons (Fsp3) is 0.250. The van der Waals surface area contributed by atoms with Crippen molar-refractivity contribution in [1.29, 1.82) is 0 Å². The van der Waals surface area contributed by atoms with Gasteiger partial charge in [0.2, 0.25) is 0 Å². The van der Waals surface area contributed by atoms with Gasteiger partial charge in [0, 0.05) is 38.0 Å². The van der Waals surface area contributed by atoms with E-state index in [9.17, 15) is 10.1 Å². The first-order valence-corrected chi connectivity index (χ1v) is 5.62. The van der Waals surface area contributed by atoms with Crippen molar-refractivity contribution in [3.63, 3.8) is 0 Å². The molecule has 2 rings (SSSR count). The Morgan fingerprint density at radius 3 is 2.83 bits per heavy atom. The minimum Gasteiger partial charge on any atom is -0.379 e. The third kappa shape index (κ3) is 2.65. The summed E-state index contributed by atoms with van der Waals surface area (Å²) < 4.78 is 1.79. The lowest BCUT2D eigenvalue weighted by atomic mass is 10.2. The van der Waals surface area contributed by atoms with Crippen LogP contribution in [0.2, 0.25) is 0 Å². The van der Waals surface area contributed by atoms with Crippen molar-refractivity contribution in [2.24, 2.45) is 7.05 Å². The third-order valence-electron chi connectivity index (χ3n) is 2.72. The lowest BCUT2D eigenvalue weighted by Gasteiger charge is -2.07. The second-order valence-corrected chi connectivity index (χ2v) is 3.90. The quantitative estimate of drug-likeness (QED) is 0.646. The SMILES string of the molecule is Cn1nccc1CCNc1ccccc1[N+](=O)[O-]. The van der Waals surface area contributed by atoms with Gasteiger partial charge in [-0.2, -0.15) is 5.10 Å². The zero-order valence-corrected chi connectivity index (χ0v) is 10.0. The molecule has 1 aromatic heterocycles. The minimum absolute atomic E-state index is 0.0995. The van der Waals surface area contributed by atoms with Crippen LogP contribution in [0.4, 0.5) is 11.4 Å². The maximum absolute atomic E-state index is 10.8. The van der Waals surface area contributed by atoms with Crippen LogP contribution in [0.5, 0.6) is 0 Å². The van der Waals surface area contributed by atoms with E-state index >= 15 is 0 Å². The number of nitrogens with one attached hydrogen (secondary N) is 1. The number of para-hydroxylation sites is 2. The number of anilines is 1. The molecule has 0 spiro atoms. The van der Waals surface area contributed by atoms with Gasteiger partial charge >= 0.3 is 0 Å². The molecule has 1 aromatic carbocycles. The van der Waals surface area contributed by atoms with E-state index in [4.69, 9.17) is 0 Å². The second kappa shape index (κ2) is 5.31. The predicted octanol–water partition coefficient (Wildman–Crippen LogP) is 1.98. The number of benzene rings is 1. The lowest BCUT2D eigenvalue weighted by molar-refractivity contribution is -0.384. The van der Waals surface area contributed by atoms with Gasteiger partial charge in [-0.05, 0) is 12.1 Å². The van der Waals surface area contributed by atoms with Crippen LogP contribution in [0.3, 0.4) is 0 Å². The van der Waals surface area contributed by atoms with Crippen LogP contribution < -0.4 is 5.32 Å². The number of nitro groups is 1. The highest BCUT2D eigenvalue weighted by Gasteiger charge is 2.11. The molecule has 18 heavy (non-hydrogen) atoms. The first-order chi connectivity index (χ1) is 8.68. The summed E-state index contributed by atoms with van der Waals surface area (Å²) in [6.45, 7) is 0.629. The Bertz CT molecular complexity index is 551. The molecule has 6 nitrogen and oxygen atoms in total. The molecule has 0 unspecified atom stereocenters. The summed E-state index contributed by atoms with van der Waals surface area (Å²) in [7, 11) is 1.88. The van der Waals surface area contributed by atoms with Crippen LogP contribution in [0.25, 0.3) is 0 Å². The van der Waals surface area contributed by atoms with Crippen LogP contribution in [0.15, 0.2) is 36.5 Å². The highest BCUT2D eigenvalue weighted by molar-refractivity contribution is 5.61. The summed E-state index contributed by atoms with van der Waals surface area (Å²) in [5.41, 5.74) is 1.73. The molecule has 0 aliphatic rings. The molecular weight excluding hydrogens is 232 g/mol. The zero-order chi connectivity index (χ0) is 13.0. The number of rotatable bonds is 5. The van der Waals surface area contributed by atoms with Crippen molar-refractivity contribution in [1.82, 2.24) is 9.78 Å². The maximum Gasteiger partial charge on any atom is 0.292 e. The Hall–Kier alpha value is -2.37. The summed E-state index contributed by atoms with van der Waals surface area (Å²) in [6, 6.07) is 8.57. The molecule has 0 bridgehead atoms. The van der Waals surface area contributed by atoms with E-state index in [1.54, 1.807) is 29.1 Å². The van der Waals surface area contributed by atoms with Gasteiger partial charge in [-0.25, -0.2) is 0 Å². The number of aryl methyl sites for hydroxylation is 1. The Morgan fingerprint density at radius 1 is 1.39 bits per heavy atom. The van der Waals surface area contributed by atoms with E-state index in [0.717, 1.165) is 12.1 Å². The topological polar surface area (TPSA) is 73.0 Å². The molecule has 0 fully saturated rings. The van der Waals surface area contributed by atoms with Crippen molar-refractivity contribution in [2.75, 3.05) is 11.9 Å². The second-order valence-electron chi connectivity index (χ2n) is 3.90. The summed E-state index contributed by atoms with van der Waals surface area (Å²) in [5.74, 6) is 0. The predicted molar refractivity (Wildman–Crippen MR) is 68.5 cm³/mol. The molecule has 0 saturated heterocycles. The average Bonchev–Trinajstić information content (AvgIpc) is 2.76. The van der Waals surface area contributed by atoms with Gasteiger partial charge in [0.15, 0.2) is 0 Å². The van der Waals surface area contributed by atoms with Crippen molar-refractivity contribution in [2.45, 2.75) is 6.42 Å². The van der Waals surface area contributed by atoms with Crippen LogP contribution >= 0.6 is 0 Å². The molecule has 0 aliphatic carbocycles. The molecule has 2 aromatic rings. The summed E-state index contributed by atoms with van der Waals surface area (Å²) in [6.07, 6.45) is 2.50. The van der Waals surface area contributed by atoms with Gasteiger partial charge in [0.05, 0.1) is 4.92 Å². The van der Waals surface area contributed by atoms with E-state index in [2.05, 4.69) is 10.4 Å². The number of hydrogen-bond donors (Lipinski definition) is 1. The Kier molecular flexibility index (Phi) is 3.57.